The van der Waals surface area contributed by atoms with Crippen molar-refractivity contribution in [1.82, 2.24) is 0 Å². The Labute approximate surface area is 121 Å². The average molecular weight is 324 g/mol. The summed E-state index contributed by atoms with van der Waals surface area (Å²) in [6, 6.07) is 1.96. The molecule has 0 atom stereocenters. The molecule has 0 spiro atoms. The predicted octanol–water partition coefficient (Wildman–Crippen LogP) is 4.09. The van der Waals surface area contributed by atoms with Crippen molar-refractivity contribution in [1.29, 1.82) is 0 Å². The van der Waals surface area contributed by atoms with Crippen molar-refractivity contribution in [3.63, 3.8) is 0 Å². The Morgan fingerprint density at radius 3 is 2.29 bits per heavy atom. The SMILES string of the molecule is O=S(=O)(Cc1cc(F)ccc1C(F)(F)F)C1CCCCC1. The molecule has 0 heterocycles. The van der Waals surface area contributed by atoms with Gasteiger partial charge in [0, 0.05) is 0 Å². The van der Waals surface area contributed by atoms with E-state index >= 15 is 0 Å². The van der Waals surface area contributed by atoms with Crippen LogP contribution in [-0.2, 0) is 21.8 Å². The van der Waals surface area contributed by atoms with Crippen LogP contribution in [-0.4, -0.2) is 13.7 Å². The molecule has 21 heavy (non-hydrogen) atoms. The first-order valence-corrected chi connectivity index (χ1v) is 8.49. The molecular formula is C14H16F4O2S. The van der Waals surface area contributed by atoms with Crippen LogP contribution >= 0.6 is 0 Å². The van der Waals surface area contributed by atoms with Gasteiger partial charge in [-0.2, -0.15) is 13.2 Å². The van der Waals surface area contributed by atoms with Crippen molar-refractivity contribution in [3.05, 3.63) is 35.1 Å². The summed E-state index contributed by atoms with van der Waals surface area (Å²) in [7, 11) is -3.70. The normalized spacial score (nSPS) is 17.9. The van der Waals surface area contributed by atoms with Crippen LogP contribution in [0.5, 0.6) is 0 Å². The van der Waals surface area contributed by atoms with Gasteiger partial charge >= 0.3 is 6.18 Å². The molecule has 1 aromatic carbocycles. The molecule has 0 aromatic heterocycles. The molecule has 1 saturated carbocycles. The number of rotatable bonds is 3. The van der Waals surface area contributed by atoms with Gasteiger partial charge < -0.3 is 0 Å². The van der Waals surface area contributed by atoms with E-state index in [0.29, 0.717) is 31.0 Å². The van der Waals surface area contributed by atoms with E-state index in [2.05, 4.69) is 0 Å². The molecule has 0 radical (unpaired) electrons. The van der Waals surface area contributed by atoms with E-state index in [1.54, 1.807) is 0 Å². The lowest BCUT2D eigenvalue weighted by Crippen LogP contribution is -2.26. The number of sulfone groups is 1. The molecule has 1 aromatic rings. The highest BCUT2D eigenvalue weighted by molar-refractivity contribution is 7.91. The molecule has 0 bridgehead atoms. The Bertz CT molecular complexity index is 602. The van der Waals surface area contributed by atoms with Gasteiger partial charge in [0.25, 0.3) is 0 Å². The summed E-state index contributed by atoms with van der Waals surface area (Å²) in [5, 5.41) is -0.615. The number of hydrogen-bond acceptors (Lipinski definition) is 2. The molecule has 2 rings (SSSR count). The third-order valence-electron chi connectivity index (χ3n) is 3.79. The van der Waals surface area contributed by atoms with Crippen molar-refractivity contribution in [2.24, 2.45) is 0 Å². The van der Waals surface area contributed by atoms with Crippen molar-refractivity contribution >= 4 is 9.84 Å². The van der Waals surface area contributed by atoms with E-state index in [1.165, 1.54) is 0 Å². The maximum atomic E-state index is 13.2. The molecule has 0 amide bonds. The summed E-state index contributed by atoms with van der Waals surface area (Å²) in [6.07, 6.45) is -1.28. The zero-order valence-corrected chi connectivity index (χ0v) is 12.1. The van der Waals surface area contributed by atoms with E-state index in [4.69, 9.17) is 0 Å². The van der Waals surface area contributed by atoms with Gasteiger partial charge in [0.05, 0.1) is 16.6 Å². The quantitative estimate of drug-likeness (QED) is 0.785. The summed E-state index contributed by atoms with van der Waals surface area (Å²) in [5.74, 6) is -1.62. The molecule has 0 aliphatic heterocycles. The smallest absolute Gasteiger partial charge is 0.228 e. The summed E-state index contributed by atoms with van der Waals surface area (Å²) >= 11 is 0. The molecule has 0 unspecified atom stereocenters. The highest BCUT2D eigenvalue weighted by Crippen LogP contribution is 2.34. The second kappa shape index (κ2) is 5.94. The highest BCUT2D eigenvalue weighted by atomic mass is 32.2. The van der Waals surface area contributed by atoms with Crippen LogP contribution in [0, 0.1) is 5.82 Å². The van der Waals surface area contributed by atoms with Crippen LogP contribution in [0.25, 0.3) is 0 Å². The summed E-state index contributed by atoms with van der Waals surface area (Å²) < 4.78 is 76.3. The van der Waals surface area contributed by atoms with Crippen LogP contribution in [0.1, 0.15) is 43.2 Å². The Morgan fingerprint density at radius 2 is 1.71 bits per heavy atom. The second-order valence-electron chi connectivity index (χ2n) is 5.37. The molecular weight excluding hydrogens is 308 g/mol. The first-order valence-electron chi connectivity index (χ1n) is 6.77. The fourth-order valence-electron chi connectivity index (χ4n) is 2.72. The van der Waals surface area contributed by atoms with Crippen molar-refractivity contribution < 1.29 is 26.0 Å². The van der Waals surface area contributed by atoms with Gasteiger partial charge in [-0.25, -0.2) is 12.8 Å². The molecule has 0 N–H and O–H groups in total. The number of alkyl halides is 3. The minimum Gasteiger partial charge on any atom is -0.228 e. The summed E-state index contributed by atoms with van der Waals surface area (Å²) in [6.45, 7) is 0. The van der Waals surface area contributed by atoms with E-state index in [9.17, 15) is 26.0 Å². The molecule has 2 nitrogen and oxygen atoms in total. The summed E-state index contributed by atoms with van der Waals surface area (Å²) in [5.41, 5.74) is -1.59. The van der Waals surface area contributed by atoms with Gasteiger partial charge in [-0.1, -0.05) is 19.3 Å². The summed E-state index contributed by atoms with van der Waals surface area (Å²) in [4.78, 5) is 0. The lowest BCUT2D eigenvalue weighted by molar-refractivity contribution is -0.138. The third-order valence-corrected chi connectivity index (χ3v) is 5.99. The minimum absolute atomic E-state index is 0.471. The van der Waals surface area contributed by atoms with E-state index in [0.717, 1.165) is 19.3 Å². The van der Waals surface area contributed by atoms with Crippen LogP contribution in [0.2, 0.25) is 0 Å². The molecule has 1 aliphatic carbocycles. The first-order chi connectivity index (χ1) is 9.70. The standard InChI is InChI=1S/C14H16F4O2S/c15-11-6-7-13(14(16,17)18)10(8-11)9-21(19,20)12-4-2-1-3-5-12/h6-8,12H,1-5,9H2. The fourth-order valence-corrected chi connectivity index (χ4v) is 4.68. The van der Waals surface area contributed by atoms with Gasteiger partial charge in [-0.05, 0) is 36.6 Å². The second-order valence-corrected chi connectivity index (χ2v) is 7.65. The largest absolute Gasteiger partial charge is 0.416 e. The minimum atomic E-state index is -4.69. The monoisotopic (exact) mass is 324 g/mol. The van der Waals surface area contributed by atoms with Gasteiger partial charge in [0.1, 0.15) is 5.82 Å². The third kappa shape index (κ3) is 3.96. The van der Waals surface area contributed by atoms with Gasteiger partial charge in [0.15, 0.2) is 9.84 Å². The Kier molecular flexibility index (Phi) is 4.60. The molecule has 1 fully saturated rings. The van der Waals surface area contributed by atoms with E-state index < -0.39 is 44.0 Å². The highest BCUT2D eigenvalue weighted by Gasteiger charge is 2.36. The number of halogens is 4. The van der Waals surface area contributed by atoms with Crippen LogP contribution in [0.4, 0.5) is 17.6 Å². The van der Waals surface area contributed by atoms with E-state index in [-0.39, 0.29) is 0 Å². The van der Waals surface area contributed by atoms with Crippen LogP contribution < -0.4 is 0 Å². The van der Waals surface area contributed by atoms with Gasteiger partial charge in [0.2, 0.25) is 0 Å². The van der Waals surface area contributed by atoms with Crippen LogP contribution in [0.15, 0.2) is 18.2 Å². The molecule has 0 saturated heterocycles. The zero-order valence-electron chi connectivity index (χ0n) is 11.3. The molecule has 7 heteroatoms. The average Bonchev–Trinajstić information content (AvgIpc) is 2.38. The van der Waals surface area contributed by atoms with Crippen molar-refractivity contribution in [2.75, 3.05) is 0 Å². The van der Waals surface area contributed by atoms with Crippen molar-refractivity contribution in [3.8, 4) is 0 Å². The van der Waals surface area contributed by atoms with Gasteiger partial charge in [-0.3, -0.25) is 0 Å². The Morgan fingerprint density at radius 1 is 1.10 bits per heavy atom. The Hall–Kier alpha value is -1.11. The maximum absolute atomic E-state index is 13.2. The number of benzene rings is 1. The Balaban J connectivity index is 2.32. The number of hydrogen-bond donors (Lipinski definition) is 0. The fraction of sp³-hybridized carbons (Fsp3) is 0.571. The lowest BCUT2D eigenvalue weighted by Gasteiger charge is -2.22. The van der Waals surface area contributed by atoms with E-state index in [1.807, 2.05) is 0 Å². The lowest BCUT2D eigenvalue weighted by atomic mass is 10.0. The van der Waals surface area contributed by atoms with Crippen molar-refractivity contribution in [2.45, 2.75) is 49.3 Å². The predicted molar refractivity (Wildman–Crippen MR) is 70.9 cm³/mol. The van der Waals surface area contributed by atoms with Gasteiger partial charge in [-0.15, -0.1) is 0 Å². The first kappa shape index (κ1) is 16.3. The van der Waals surface area contributed by atoms with Crippen LogP contribution in [0.3, 0.4) is 0 Å². The zero-order chi connectivity index (χ0) is 15.7. The molecule has 1 aliphatic rings. The topological polar surface area (TPSA) is 34.1 Å². The maximum Gasteiger partial charge on any atom is 0.416 e. The molecule has 118 valence electrons.